The van der Waals surface area contributed by atoms with E-state index in [0.29, 0.717) is 28.1 Å². The highest BCUT2D eigenvalue weighted by molar-refractivity contribution is 6.35. The van der Waals surface area contributed by atoms with Gasteiger partial charge in [-0.2, -0.15) is 5.10 Å². The summed E-state index contributed by atoms with van der Waals surface area (Å²) in [7, 11) is 0. The molecule has 1 saturated heterocycles. The lowest BCUT2D eigenvalue weighted by atomic mass is 10.1. The molecule has 0 radical (unpaired) electrons. The van der Waals surface area contributed by atoms with Crippen LogP contribution in [0, 0.1) is 0 Å². The Morgan fingerprint density at radius 1 is 1.06 bits per heavy atom. The third-order valence-corrected chi connectivity index (χ3v) is 5.71. The monoisotopic (exact) mass is 489 g/mol. The zero-order valence-corrected chi connectivity index (χ0v) is 19.8. The average Bonchev–Trinajstić information content (AvgIpc) is 3.23. The van der Waals surface area contributed by atoms with Crippen LogP contribution < -0.4 is 4.74 Å². The van der Waals surface area contributed by atoms with Crippen LogP contribution in [0.15, 0.2) is 48.7 Å². The standard InChI is InChI=1S/C24H25Cl2N3O4/c1-2-32-24(30)22-16-27-29(23(22)33-12-9-28-7-10-31-11-8-28)21-5-3-17(4-6-21)18-13-19(25)15-20(26)14-18/h3-6,13-16H,2,7-12H2,1H3. The van der Waals surface area contributed by atoms with Crippen LogP contribution in [-0.2, 0) is 9.47 Å². The van der Waals surface area contributed by atoms with Gasteiger partial charge in [-0.25, -0.2) is 9.48 Å². The third kappa shape index (κ3) is 5.86. The van der Waals surface area contributed by atoms with E-state index in [1.807, 2.05) is 36.4 Å². The Bertz CT molecular complexity index is 1080. The number of carbonyl (C=O) groups excluding carboxylic acids is 1. The number of rotatable bonds is 8. The summed E-state index contributed by atoms with van der Waals surface area (Å²) in [6, 6.07) is 13.1. The molecule has 0 atom stereocenters. The van der Waals surface area contributed by atoms with Crippen LogP contribution in [-0.4, -0.2) is 66.7 Å². The number of halogens is 2. The molecule has 0 spiro atoms. The molecule has 4 rings (SSSR count). The topological polar surface area (TPSA) is 65.8 Å². The van der Waals surface area contributed by atoms with Crippen molar-refractivity contribution in [3.63, 3.8) is 0 Å². The van der Waals surface area contributed by atoms with Gasteiger partial charge in [0.25, 0.3) is 0 Å². The van der Waals surface area contributed by atoms with Gasteiger partial charge >= 0.3 is 5.97 Å². The van der Waals surface area contributed by atoms with Crippen molar-refractivity contribution < 1.29 is 19.0 Å². The Morgan fingerprint density at radius 2 is 1.76 bits per heavy atom. The number of aromatic nitrogens is 2. The van der Waals surface area contributed by atoms with E-state index < -0.39 is 5.97 Å². The van der Waals surface area contributed by atoms with Gasteiger partial charge in [-0.3, -0.25) is 4.90 Å². The van der Waals surface area contributed by atoms with E-state index in [4.69, 9.17) is 37.4 Å². The fraction of sp³-hybridized carbons (Fsp3) is 0.333. The SMILES string of the molecule is CCOC(=O)c1cnn(-c2ccc(-c3cc(Cl)cc(Cl)c3)cc2)c1OCCN1CCOCC1. The molecule has 0 saturated carbocycles. The number of nitrogens with zero attached hydrogens (tertiary/aromatic N) is 3. The highest BCUT2D eigenvalue weighted by Crippen LogP contribution is 2.29. The fourth-order valence-corrected chi connectivity index (χ4v) is 4.15. The molecule has 0 amide bonds. The molecule has 1 aromatic heterocycles. The summed E-state index contributed by atoms with van der Waals surface area (Å²) in [5, 5.41) is 5.55. The first-order valence-electron chi connectivity index (χ1n) is 10.8. The maximum absolute atomic E-state index is 12.5. The Balaban J connectivity index is 1.57. The normalized spacial score (nSPS) is 14.3. The van der Waals surface area contributed by atoms with Gasteiger partial charge in [0.15, 0.2) is 0 Å². The molecule has 1 aliphatic heterocycles. The average molecular weight is 490 g/mol. The molecule has 3 aromatic rings. The van der Waals surface area contributed by atoms with E-state index in [2.05, 4.69) is 10.00 Å². The number of esters is 1. The van der Waals surface area contributed by atoms with Gasteiger partial charge in [0, 0.05) is 29.7 Å². The van der Waals surface area contributed by atoms with E-state index in [1.54, 1.807) is 17.7 Å². The molecular formula is C24H25Cl2N3O4. The maximum Gasteiger partial charge on any atom is 0.345 e. The fourth-order valence-electron chi connectivity index (χ4n) is 3.62. The highest BCUT2D eigenvalue weighted by atomic mass is 35.5. The molecule has 2 heterocycles. The molecule has 33 heavy (non-hydrogen) atoms. The Labute approximate surface area is 202 Å². The third-order valence-electron chi connectivity index (χ3n) is 5.28. The molecule has 1 aliphatic rings. The van der Waals surface area contributed by atoms with Crippen LogP contribution in [0.4, 0.5) is 0 Å². The number of carbonyl (C=O) groups is 1. The van der Waals surface area contributed by atoms with Gasteiger partial charge in [-0.15, -0.1) is 0 Å². The van der Waals surface area contributed by atoms with Gasteiger partial charge in [0.2, 0.25) is 5.88 Å². The van der Waals surface area contributed by atoms with Gasteiger partial charge in [-0.05, 0) is 48.4 Å². The molecule has 0 unspecified atom stereocenters. The van der Waals surface area contributed by atoms with Crippen molar-refractivity contribution in [2.45, 2.75) is 6.92 Å². The van der Waals surface area contributed by atoms with Gasteiger partial charge in [0.1, 0.15) is 12.2 Å². The van der Waals surface area contributed by atoms with Crippen LogP contribution in [0.25, 0.3) is 16.8 Å². The van der Waals surface area contributed by atoms with Gasteiger partial charge < -0.3 is 14.2 Å². The van der Waals surface area contributed by atoms with Crippen molar-refractivity contribution >= 4 is 29.2 Å². The first-order valence-corrected chi connectivity index (χ1v) is 11.6. The number of ether oxygens (including phenoxy) is 3. The van der Waals surface area contributed by atoms with E-state index in [-0.39, 0.29) is 6.61 Å². The Hall–Kier alpha value is -2.58. The minimum atomic E-state index is -0.463. The molecule has 9 heteroatoms. The lowest BCUT2D eigenvalue weighted by molar-refractivity contribution is 0.0316. The largest absolute Gasteiger partial charge is 0.476 e. The Morgan fingerprint density at radius 3 is 2.42 bits per heavy atom. The summed E-state index contributed by atoms with van der Waals surface area (Å²) < 4.78 is 18.3. The first kappa shape index (κ1) is 23.6. The highest BCUT2D eigenvalue weighted by Gasteiger charge is 2.22. The zero-order chi connectivity index (χ0) is 23.2. The predicted molar refractivity (Wildman–Crippen MR) is 128 cm³/mol. The van der Waals surface area contributed by atoms with E-state index >= 15 is 0 Å². The summed E-state index contributed by atoms with van der Waals surface area (Å²) in [6.07, 6.45) is 1.48. The van der Waals surface area contributed by atoms with Crippen molar-refractivity contribution in [2.75, 3.05) is 46.1 Å². The van der Waals surface area contributed by atoms with Crippen LogP contribution in [0.5, 0.6) is 5.88 Å². The Kier molecular flexibility index (Phi) is 7.88. The number of hydrogen-bond donors (Lipinski definition) is 0. The summed E-state index contributed by atoms with van der Waals surface area (Å²) in [5.74, 6) is -0.101. The minimum absolute atomic E-state index is 0.272. The van der Waals surface area contributed by atoms with Crippen LogP contribution in [0.2, 0.25) is 10.0 Å². The van der Waals surface area contributed by atoms with E-state index in [9.17, 15) is 4.79 Å². The molecular weight excluding hydrogens is 465 g/mol. The van der Waals surface area contributed by atoms with Crippen LogP contribution in [0.3, 0.4) is 0 Å². The van der Waals surface area contributed by atoms with Crippen molar-refractivity contribution in [1.82, 2.24) is 14.7 Å². The van der Waals surface area contributed by atoms with Gasteiger partial charge in [0.05, 0.1) is 31.7 Å². The summed E-state index contributed by atoms with van der Waals surface area (Å²) >= 11 is 12.3. The van der Waals surface area contributed by atoms with Crippen LogP contribution >= 0.6 is 23.2 Å². The lowest BCUT2D eigenvalue weighted by Gasteiger charge is -2.26. The van der Waals surface area contributed by atoms with E-state index in [0.717, 1.165) is 49.7 Å². The van der Waals surface area contributed by atoms with E-state index in [1.165, 1.54) is 6.20 Å². The zero-order valence-electron chi connectivity index (χ0n) is 18.3. The first-order chi connectivity index (χ1) is 16.0. The summed E-state index contributed by atoms with van der Waals surface area (Å²) in [5.41, 5.74) is 2.91. The molecule has 2 aromatic carbocycles. The second-order valence-electron chi connectivity index (χ2n) is 7.50. The number of hydrogen-bond acceptors (Lipinski definition) is 6. The van der Waals surface area contributed by atoms with Crippen molar-refractivity contribution in [1.29, 1.82) is 0 Å². The maximum atomic E-state index is 12.5. The molecule has 174 valence electrons. The summed E-state index contributed by atoms with van der Waals surface area (Å²) in [4.78, 5) is 14.7. The quantitative estimate of drug-likeness (QED) is 0.426. The number of benzene rings is 2. The van der Waals surface area contributed by atoms with Crippen molar-refractivity contribution in [2.24, 2.45) is 0 Å². The smallest absolute Gasteiger partial charge is 0.345 e. The molecule has 1 fully saturated rings. The van der Waals surface area contributed by atoms with Gasteiger partial charge in [-0.1, -0.05) is 35.3 Å². The van der Waals surface area contributed by atoms with Crippen LogP contribution in [0.1, 0.15) is 17.3 Å². The predicted octanol–water partition coefficient (Wildman–Crippen LogP) is 4.73. The van der Waals surface area contributed by atoms with Crippen molar-refractivity contribution in [3.05, 3.63) is 64.3 Å². The summed E-state index contributed by atoms with van der Waals surface area (Å²) in [6.45, 7) is 6.34. The molecule has 0 aliphatic carbocycles. The minimum Gasteiger partial charge on any atom is -0.476 e. The molecule has 7 nitrogen and oxygen atoms in total. The molecule has 0 N–H and O–H groups in total. The lowest BCUT2D eigenvalue weighted by Crippen LogP contribution is -2.38. The number of morpholine rings is 1. The second kappa shape index (κ2) is 11.0. The van der Waals surface area contributed by atoms with Crippen molar-refractivity contribution in [3.8, 4) is 22.7 Å². The molecule has 0 bridgehead atoms. The second-order valence-corrected chi connectivity index (χ2v) is 8.38.